The standard InChI is InChI=1S/C20H18ClNO3S2/c1-3-22-19(23)17(27-20(22)26)11-14-5-4-6-16(24-2)18(14)25-12-13-7-9-15(21)10-8-13/h4-11H,3,12H2,1-2H3/b17-11-. The molecule has 2 aromatic rings. The van der Waals surface area contributed by atoms with Crippen LogP contribution >= 0.6 is 35.6 Å². The number of likely N-dealkylation sites (N-methyl/N-ethyl adjacent to an activating group) is 1. The zero-order valence-corrected chi connectivity index (χ0v) is 17.3. The molecule has 1 fully saturated rings. The molecule has 7 heteroatoms. The van der Waals surface area contributed by atoms with E-state index < -0.39 is 0 Å². The Bertz CT molecular complexity index is 897. The van der Waals surface area contributed by atoms with Gasteiger partial charge in [-0.25, -0.2) is 0 Å². The summed E-state index contributed by atoms with van der Waals surface area (Å²) in [5.41, 5.74) is 1.74. The molecule has 0 bridgehead atoms. The van der Waals surface area contributed by atoms with E-state index in [4.69, 9.17) is 33.3 Å². The third-order valence-corrected chi connectivity index (χ3v) is 5.63. The van der Waals surface area contributed by atoms with Gasteiger partial charge >= 0.3 is 0 Å². The summed E-state index contributed by atoms with van der Waals surface area (Å²) in [6, 6.07) is 13.0. The maximum absolute atomic E-state index is 12.5. The maximum Gasteiger partial charge on any atom is 0.266 e. The van der Waals surface area contributed by atoms with E-state index in [0.717, 1.165) is 11.1 Å². The number of para-hydroxylation sites is 1. The lowest BCUT2D eigenvalue weighted by molar-refractivity contribution is -0.121. The van der Waals surface area contributed by atoms with Gasteiger partial charge in [0, 0.05) is 17.1 Å². The molecule has 27 heavy (non-hydrogen) atoms. The monoisotopic (exact) mass is 419 g/mol. The Morgan fingerprint density at radius 2 is 1.96 bits per heavy atom. The van der Waals surface area contributed by atoms with Crippen molar-refractivity contribution in [3.05, 3.63) is 63.5 Å². The molecule has 0 spiro atoms. The van der Waals surface area contributed by atoms with Gasteiger partial charge in [-0.15, -0.1) is 0 Å². The second-order valence-electron chi connectivity index (χ2n) is 5.72. The van der Waals surface area contributed by atoms with Crippen molar-refractivity contribution in [1.82, 2.24) is 4.90 Å². The topological polar surface area (TPSA) is 38.8 Å². The number of carbonyl (C=O) groups excluding carboxylic acids is 1. The normalized spacial score (nSPS) is 15.5. The molecule has 0 N–H and O–H groups in total. The summed E-state index contributed by atoms with van der Waals surface area (Å²) in [5.74, 6) is 1.10. The van der Waals surface area contributed by atoms with Crippen LogP contribution in [0.4, 0.5) is 0 Å². The molecule has 4 nitrogen and oxygen atoms in total. The minimum atomic E-state index is -0.0843. The van der Waals surface area contributed by atoms with Crippen LogP contribution in [0.3, 0.4) is 0 Å². The van der Waals surface area contributed by atoms with Gasteiger partial charge in [0.25, 0.3) is 5.91 Å². The number of thiocarbonyl (C=S) groups is 1. The number of halogens is 1. The first-order chi connectivity index (χ1) is 13.0. The number of hydrogen-bond acceptors (Lipinski definition) is 5. The molecule has 0 atom stereocenters. The van der Waals surface area contributed by atoms with Crippen molar-refractivity contribution in [1.29, 1.82) is 0 Å². The van der Waals surface area contributed by atoms with Crippen LogP contribution in [0.25, 0.3) is 6.08 Å². The van der Waals surface area contributed by atoms with E-state index >= 15 is 0 Å². The summed E-state index contributed by atoms with van der Waals surface area (Å²) < 4.78 is 12.0. The van der Waals surface area contributed by atoms with Crippen molar-refractivity contribution < 1.29 is 14.3 Å². The van der Waals surface area contributed by atoms with E-state index in [2.05, 4.69) is 0 Å². The van der Waals surface area contributed by atoms with Gasteiger partial charge in [0.05, 0.1) is 12.0 Å². The van der Waals surface area contributed by atoms with Crippen LogP contribution in [0.2, 0.25) is 5.02 Å². The van der Waals surface area contributed by atoms with Crippen LogP contribution in [-0.2, 0) is 11.4 Å². The molecule has 0 saturated carbocycles. The summed E-state index contributed by atoms with van der Waals surface area (Å²) >= 11 is 12.5. The van der Waals surface area contributed by atoms with Crippen LogP contribution in [0.15, 0.2) is 47.4 Å². The molecular formula is C20H18ClNO3S2. The summed E-state index contributed by atoms with van der Waals surface area (Å²) in [7, 11) is 1.59. The highest BCUT2D eigenvalue weighted by Crippen LogP contribution is 2.37. The largest absolute Gasteiger partial charge is 0.493 e. The Morgan fingerprint density at radius 3 is 2.59 bits per heavy atom. The number of ether oxygens (including phenoxy) is 2. The third-order valence-electron chi connectivity index (χ3n) is 4.00. The molecule has 140 valence electrons. The van der Waals surface area contributed by atoms with Crippen molar-refractivity contribution in [3.8, 4) is 11.5 Å². The van der Waals surface area contributed by atoms with Gasteiger partial charge in [-0.3, -0.25) is 9.69 Å². The van der Waals surface area contributed by atoms with Crippen LogP contribution in [-0.4, -0.2) is 28.8 Å². The number of thioether (sulfide) groups is 1. The third kappa shape index (κ3) is 4.46. The lowest BCUT2D eigenvalue weighted by Gasteiger charge is -2.14. The van der Waals surface area contributed by atoms with Gasteiger partial charge < -0.3 is 9.47 Å². The van der Waals surface area contributed by atoms with E-state index in [1.165, 1.54) is 11.8 Å². The van der Waals surface area contributed by atoms with Gasteiger partial charge in [-0.1, -0.05) is 59.8 Å². The van der Waals surface area contributed by atoms with Gasteiger partial charge in [-0.05, 0) is 36.8 Å². The SMILES string of the molecule is CCN1C(=O)/C(=C/c2cccc(OC)c2OCc2ccc(Cl)cc2)SC1=S. The minimum absolute atomic E-state index is 0.0843. The average molecular weight is 420 g/mol. The number of nitrogens with zero attached hydrogens (tertiary/aromatic N) is 1. The Morgan fingerprint density at radius 1 is 1.22 bits per heavy atom. The van der Waals surface area contributed by atoms with Crippen LogP contribution in [0, 0.1) is 0 Å². The van der Waals surface area contributed by atoms with E-state index in [9.17, 15) is 4.79 Å². The maximum atomic E-state index is 12.5. The molecule has 2 aromatic carbocycles. The molecule has 0 radical (unpaired) electrons. The van der Waals surface area contributed by atoms with E-state index in [0.29, 0.717) is 38.9 Å². The summed E-state index contributed by atoms with van der Waals surface area (Å²) in [6.45, 7) is 2.81. The predicted molar refractivity (Wildman–Crippen MR) is 114 cm³/mol. The van der Waals surface area contributed by atoms with Crippen molar-refractivity contribution in [2.75, 3.05) is 13.7 Å². The molecular weight excluding hydrogens is 402 g/mol. The summed E-state index contributed by atoms with van der Waals surface area (Å²) in [6.07, 6.45) is 1.80. The second kappa shape index (κ2) is 8.78. The van der Waals surface area contributed by atoms with Crippen molar-refractivity contribution in [2.24, 2.45) is 0 Å². The fourth-order valence-electron chi connectivity index (χ4n) is 2.61. The highest BCUT2D eigenvalue weighted by atomic mass is 35.5. The van der Waals surface area contributed by atoms with Crippen molar-refractivity contribution in [3.63, 3.8) is 0 Å². The molecule has 0 aliphatic carbocycles. The minimum Gasteiger partial charge on any atom is -0.493 e. The first kappa shape index (κ1) is 19.7. The molecule has 1 aliphatic rings. The van der Waals surface area contributed by atoms with E-state index in [1.807, 2.05) is 49.4 Å². The molecule has 0 aromatic heterocycles. The number of methoxy groups -OCH3 is 1. The molecule has 1 amide bonds. The number of rotatable bonds is 6. The van der Waals surface area contributed by atoms with E-state index in [1.54, 1.807) is 18.1 Å². The highest BCUT2D eigenvalue weighted by molar-refractivity contribution is 8.26. The summed E-state index contributed by atoms with van der Waals surface area (Å²) in [5, 5.41) is 0.676. The van der Waals surface area contributed by atoms with Crippen molar-refractivity contribution in [2.45, 2.75) is 13.5 Å². The summed E-state index contributed by atoms with van der Waals surface area (Å²) in [4.78, 5) is 14.7. The second-order valence-corrected chi connectivity index (χ2v) is 7.83. The fourth-order valence-corrected chi connectivity index (χ4v) is 4.11. The molecule has 3 rings (SSSR count). The zero-order valence-electron chi connectivity index (χ0n) is 14.9. The highest BCUT2D eigenvalue weighted by Gasteiger charge is 2.31. The van der Waals surface area contributed by atoms with Crippen LogP contribution < -0.4 is 9.47 Å². The average Bonchev–Trinajstić information content (AvgIpc) is 2.94. The number of amides is 1. The first-order valence-electron chi connectivity index (χ1n) is 8.33. The van der Waals surface area contributed by atoms with Gasteiger partial charge in [0.2, 0.25) is 0 Å². The van der Waals surface area contributed by atoms with Crippen LogP contribution in [0.5, 0.6) is 11.5 Å². The Kier molecular flexibility index (Phi) is 6.42. The van der Waals surface area contributed by atoms with Gasteiger partial charge in [0.15, 0.2) is 11.5 Å². The van der Waals surface area contributed by atoms with Crippen molar-refractivity contribution >= 4 is 51.9 Å². The molecule has 1 heterocycles. The molecule has 1 saturated heterocycles. The zero-order chi connectivity index (χ0) is 19.4. The van der Waals surface area contributed by atoms with E-state index in [-0.39, 0.29) is 5.91 Å². The number of carbonyl (C=O) groups is 1. The quantitative estimate of drug-likeness (QED) is 0.478. The van der Waals surface area contributed by atoms with Gasteiger partial charge in [0.1, 0.15) is 10.9 Å². The lowest BCUT2D eigenvalue weighted by Crippen LogP contribution is -2.27. The fraction of sp³-hybridized carbons (Fsp3) is 0.200. The lowest BCUT2D eigenvalue weighted by atomic mass is 10.1. The predicted octanol–water partition coefficient (Wildman–Crippen LogP) is 5.15. The van der Waals surface area contributed by atoms with Gasteiger partial charge in [-0.2, -0.15) is 0 Å². The smallest absolute Gasteiger partial charge is 0.266 e. The van der Waals surface area contributed by atoms with Crippen LogP contribution in [0.1, 0.15) is 18.1 Å². The number of hydrogen-bond donors (Lipinski definition) is 0. The molecule has 1 aliphatic heterocycles. The molecule has 0 unspecified atom stereocenters. The Labute approximate surface area is 173 Å². The first-order valence-corrected chi connectivity index (χ1v) is 9.93. The Hall–Kier alpha value is -2.02. The number of benzene rings is 2. The Balaban J connectivity index is 1.90.